The van der Waals surface area contributed by atoms with Gasteiger partial charge in [-0.05, 0) is 107 Å². The SMILES string of the molecule is [2H]C([2H])([2H])O[C@@H]1C[C@H](C[C@@H](C)[C@@H]2CC(=O)[C@H](C)/C=C(\C)[C@@H](O)[C@@H](OC([2H])([2H])[2H])C(=O)[C@H](C)C[C@H](C)/C=C/C=C/C=C(\C)[C@@H](OC)C[C@@H]3CC[C@@H](C)[C@@](O)(O3)C(=O)C(=O)N3CCCC[C@H]3C(=O)O2)CC[C@H]1O. The van der Waals surface area contributed by atoms with Crippen LogP contribution in [0, 0.1) is 35.5 Å². The van der Waals surface area contributed by atoms with E-state index in [0.717, 1.165) is 10.5 Å². The standard InChI is InChI=1S/C51H79NO13/c1-30-16-12-11-13-17-31(2)42(61-8)28-38-21-19-36(7)51(60,65-38)48(57)49(58)52-23-15-14-18-39(52)50(59)64-43(33(4)26-37-20-22-40(53)44(27-37)62-9)29-41(54)32(3)25-35(6)46(56)47(63-10)45(55)34(5)24-30/h11-13,16-17,25,30,32-34,36-40,42-44,46-47,53,56,60H,14-15,18-24,26-29H2,1-10H3/b13-11+,16-12+,31-17+,35-25+/t30-,32-,33-,34-,36-,37+,38+,39+,40-,42+,43+,44-,46-,47+,51-/m1/s1/i9D3,10D3. The van der Waals surface area contributed by atoms with Crippen LogP contribution in [0.2, 0.25) is 0 Å². The smallest absolute Gasteiger partial charge is 0.329 e. The number of hydrogen-bond donors (Lipinski definition) is 3. The van der Waals surface area contributed by atoms with Crippen LogP contribution in [0.3, 0.4) is 0 Å². The van der Waals surface area contributed by atoms with Crippen LogP contribution in [0.4, 0.5) is 0 Å². The summed E-state index contributed by atoms with van der Waals surface area (Å²) in [5.74, 6) is -10.2. The molecular weight excluding hydrogens is 835 g/mol. The third-order valence-electron chi connectivity index (χ3n) is 14.2. The molecule has 0 aromatic heterocycles. The highest BCUT2D eigenvalue weighted by Crippen LogP contribution is 2.38. The van der Waals surface area contributed by atoms with E-state index in [9.17, 15) is 39.3 Å². The summed E-state index contributed by atoms with van der Waals surface area (Å²) in [5.41, 5.74) is 0.905. The summed E-state index contributed by atoms with van der Waals surface area (Å²) in [6.45, 7) is 11.8. The summed E-state index contributed by atoms with van der Waals surface area (Å²) in [6, 6.07) is -1.26. The number of cyclic esters (lactones) is 1. The van der Waals surface area contributed by atoms with E-state index >= 15 is 0 Å². The lowest BCUT2D eigenvalue weighted by Gasteiger charge is -2.42. The summed E-state index contributed by atoms with van der Waals surface area (Å²) in [4.78, 5) is 72.2. The average molecular weight is 920 g/mol. The van der Waals surface area contributed by atoms with Crippen LogP contribution in [0.5, 0.6) is 0 Å². The lowest BCUT2D eigenvalue weighted by molar-refractivity contribution is -0.265. The molecule has 65 heavy (non-hydrogen) atoms. The third-order valence-corrected chi connectivity index (χ3v) is 14.2. The number of esters is 1. The third kappa shape index (κ3) is 14.3. The molecular formula is C51H79NO13. The minimum atomic E-state index is -3.05. The molecule has 0 spiro atoms. The zero-order valence-electron chi connectivity index (χ0n) is 45.6. The molecule has 0 aromatic carbocycles. The van der Waals surface area contributed by atoms with Gasteiger partial charge in [0.2, 0.25) is 5.79 Å². The maximum Gasteiger partial charge on any atom is 0.329 e. The second-order valence-electron chi connectivity index (χ2n) is 19.4. The molecule has 0 radical (unpaired) electrons. The van der Waals surface area contributed by atoms with Crippen molar-refractivity contribution in [2.24, 2.45) is 35.5 Å². The number of rotatable bonds is 6. The fourth-order valence-electron chi connectivity index (χ4n) is 9.87. The van der Waals surface area contributed by atoms with E-state index in [1.165, 1.54) is 27.0 Å². The number of aliphatic hydroxyl groups is 3. The van der Waals surface area contributed by atoms with Gasteiger partial charge in [0.1, 0.15) is 30.1 Å². The number of carbonyl (C=O) groups excluding carboxylic acids is 5. The molecule has 4 rings (SSSR count). The van der Waals surface area contributed by atoms with Gasteiger partial charge in [-0.3, -0.25) is 19.2 Å². The van der Waals surface area contributed by atoms with Gasteiger partial charge in [-0.2, -0.15) is 0 Å². The van der Waals surface area contributed by atoms with Crippen molar-refractivity contribution in [1.29, 1.82) is 0 Å². The van der Waals surface area contributed by atoms with Gasteiger partial charge in [-0.15, -0.1) is 0 Å². The van der Waals surface area contributed by atoms with Gasteiger partial charge in [0.25, 0.3) is 11.7 Å². The molecule has 2 bridgehead atoms. The molecule has 3 aliphatic heterocycles. The van der Waals surface area contributed by atoms with E-state index in [2.05, 4.69) is 0 Å². The zero-order chi connectivity index (χ0) is 53.2. The first kappa shape index (κ1) is 45.4. The predicted octanol–water partition coefficient (Wildman–Crippen LogP) is 6.18. The first-order valence-electron chi connectivity index (χ1n) is 26.5. The Labute approximate surface area is 395 Å². The number of allylic oxidation sites excluding steroid dienone is 6. The molecule has 15 atom stereocenters. The van der Waals surface area contributed by atoms with Gasteiger partial charge < -0.3 is 43.9 Å². The van der Waals surface area contributed by atoms with Crippen molar-refractivity contribution in [3.8, 4) is 0 Å². The van der Waals surface area contributed by atoms with Crippen molar-refractivity contribution in [1.82, 2.24) is 4.90 Å². The summed E-state index contributed by atoms with van der Waals surface area (Å²) < 4.78 is 74.9. The van der Waals surface area contributed by atoms with Crippen LogP contribution in [0.25, 0.3) is 0 Å². The van der Waals surface area contributed by atoms with Crippen LogP contribution in [-0.2, 0) is 47.7 Å². The molecule has 14 nitrogen and oxygen atoms in total. The Morgan fingerprint density at radius 1 is 0.892 bits per heavy atom. The van der Waals surface area contributed by atoms with E-state index in [1.807, 2.05) is 26.0 Å². The summed E-state index contributed by atoms with van der Waals surface area (Å²) in [6.07, 6.45) is 5.99. The molecule has 4 aliphatic rings. The molecule has 366 valence electrons. The van der Waals surface area contributed by atoms with E-state index < -0.39 is 122 Å². The van der Waals surface area contributed by atoms with Crippen molar-refractivity contribution < 1.29 is 71.2 Å². The number of nitrogens with zero attached hydrogens (tertiary/aromatic N) is 1. The van der Waals surface area contributed by atoms with E-state index in [1.54, 1.807) is 39.0 Å². The highest BCUT2D eigenvalue weighted by Gasteiger charge is 2.53. The van der Waals surface area contributed by atoms with Gasteiger partial charge in [0.05, 0.1) is 32.6 Å². The van der Waals surface area contributed by atoms with Crippen molar-refractivity contribution >= 4 is 29.2 Å². The number of methoxy groups -OCH3 is 3. The Balaban J connectivity index is 1.74. The van der Waals surface area contributed by atoms with Crippen LogP contribution in [0.1, 0.15) is 134 Å². The number of carbonyl (C=O) groups is 5. The molecule has 3 N–H and O–H groups in total. The maximum atomic E-state index is 14.4. The van der Waals surface area contributed by atoms with Crippen LogP contribution < -0.4 is 0 Å². The Morgan fingerprint density at radius 3 is 2.34 bits per heavy atom. The molecule has 1 saturated carbocycles. The molecule has 0 unspecified atom stereocenters. The van der Waals surface area contributed by atoms with Crippen molar-refractivity contribution in [2.45, 2.75) is 180 Å². The monoisotopic (exact) mass is 920 g/mol. The summed E-state index contributed by atoms with van der Waals surface area (Å²) in [5, 5.41) is 34.1. The molecule has 1 aliphatic carbocycles. The number of piperidine rings is 1. The topological polar surface area (TPSA) is 195 Å². The maximum absolute atomic E-state index is 14.4. The van der Waals surface area contributed by atoms with E-state index in [-0.39, 0.29) is 56.1 Å². The van der Waals surface area contributed by atoms with Gasteiger partial charge >= 0.3 is 5.97 Å². The van der Waals surface area contributed by atoms with E-state index in [0.29, 0.717) is 44.9 Å². The first-order chi connectivity index (χ1) is 33.0. The van der Waals surface area contributed by atoms with Crippen molar-refractivity contribution in [3.05, 3.63) is 47.6 Å². The Morgan fingerprint density at radius 2 is 1.63 bits per heavy atom. The largest absolute Gasteiger partial charge is 0.460 e. The van der Waals surface area contributed by atoms with Gasteiger partial charge in [-0.1, -0.05) is 71.1 Å². The lowest BCUT2D eigenvalue weighted by atomic mass is 9.78. The highest BCUT2D eigenvalue weighted by atomic mass is 16.6. The minimum absolute atomic E-state index is 0.00121. The second kappa shape index (κ2) is 25.1. The number of amides is 1. The number of hydrogen-bond acceptors (Lipinski definition) is 13. The number of fused-ring (bicyclic) bond motifs is 3. The normalized spacial score (nSPS) is 42.2. The Kier molecular flexibility index (Phi) is 17.6. The van der Waals surface area contributed by atoms with Gasteiger partial charge in [0.15, 0.2) is 5.78 Å². The lowest BCUT2D eigenvalue weighted by Crippen LogP contribution is -2.61. The van der Waals surface area contributed by atoms with Crippen LogP contribution >= 0.6 is 0 Å². The van der Waals surface area contributed by atoms with Gasteiger partial charge in [-0.25, -0.2) is 4.79 Å². The molecule has 1 amide bonds. The van der Waals surface area contributed by atoms with Crippen molar-refractivity contribution in [2.75, 3.05) is 27.7 Å². The zero-order valence-corrected chi connectivity index (χ0v) is 39.6. The van der Waals surface area contributed by atoms with Gasteiger partial charge in [0, 0.05) is 58.3 Å². The number of ketones is 3. The second-order valence-corrected chi connectivity index (χ2v) is 19.4. The highest BCUT2D eigenvalue weighted by molar-refractivity contribution is 6.39. The van der Waals surface area contributed by atoms with Crippen LogP contribution in [-0.4, -0.2) is 132 Å². The molecule has 3 fully saturated rings. The average Bonchev–Trinajstić information content (AvgIpc) is 3.29. The Hall–Kier alpha value is -3.37. The first-order valence-corrected chi connectivity index (χ1v) is 23.5. The fourth-order valence-corrected chi connectivity index (χ4v) is 9.87. The fraction of sp³-hybridized carbons (Fsp3) is 0.745. The summed E-state index contributed by atoms with van der Waals surface area (Å²) in [7, 11) is -4.28. The van der Waals surface area contributed by atoms with E-state index in [4.69, 9.17) is 31.9 Å². The predicted molar refractivity (Wildman–Crippen MR) is 245 cm³/mol. The minimum Gasteiger partial charge on any atom is -0.460 e. The molecule has 2 saturated heterocycles. The number of ether oxygens (including phenoxy) is 5. The quantitative estimate of drug-likeness (QED) is 0.155. The van der Waals surface area contributed by atoms with Crippen molar-refractivity contribution in [3.63, 3.8) is 0 Å². The van der Waals surface area contributed by atoms with Crippen LogP contribution in [0.15, 0.2) is 47.6 Å². The summed E-state index contributed by atoms with van der Waals surface area (Å²) >= 11 is 0. The molecule has 0 aromatic rings. The number of aliphatic hydroxyl groups excluding tert-OH is 2. The molecule has 14 heteroatoms. The molecule has 3 heterocycles. The number of Topliss-reactive ketones (excluding diaryl/α,β-unsaturated/α-hetero) is 3. The Bertz CT molecular complexity index is 1970.